The lowest BCUT2D eigenvalue weighted by atomic mass is 10.1. The summed E-state index contributed by atoms with van der Waals surface area (Å²) < 4.78 is 0. The van der Waals surface area contributed by atoms with Crippen molar-refractivity contribution in [2.75, 3.05) is 6.54 Å². The zero-order valence-electron chi connectivity index (χ0n) is 11.4. The third-order valence-corrected chi connectivity index (χ3v) is 3.85. The molecule has 1 saturated carbocycles. The molecule has 2 fully saturated rings. The van der Waals surface area contributed by atoms with Crippen LogP contribution in [0.4, 0.5) is 0 Å². The van der Waals surface area contributed by atoms with Gasteiger partial charge in [-0.15, -0.1) is 0 Å². The predicted molar refractivity (Wildman–Crippen MR) is 74.0 cm³/mol. The van der Waals surface area contributed by atoms with E-state index in [9.17, 15) is 14.4 Å². The van der Waals surface area contributed by atoms with Crippen LogP contribution in [0.1, 0.15) is 40.0 Å². The Labute approximate surface area is 121 Å². The third-order valence-electron chi connectivity index (χ3n) is 3.85. The normalized spacial score (nSPS) is 21.4. The van der Waals surface area contributed by atoms with Crippen LogP contribution in [0.2, 0.25) is 0 Å². The molecule has 110 valence electrons. The molecule has 0 spiro atoms. The van der Waals surface area contributed by atoms with Gasteiger partial charge in [-0.3, -0.25) is 9.59 Å². The van der Waals surface area contributed by atoms with Gasteiger partial charge in [-0.2, -0.15) is 0 Å². The minimum Gasteiger partial charge on any atom is -0.478 e. The lowest BCUT2D eigenvalue weighted by Crippen LogP contribution is -2.37. The maximum atomic E-state index is 12.1. The van der Waals surface area contributed by atoms with Crippen molar-refractivity contribution >= 4 is 17.8 Å². The zero-order chi connectivity index (χ0) is 15.0. The largest absolute Gasteiger partial charge is 0.478 e. The van der Waals surface area contributed by atoms with E-state index in [4.69, 9.17) is 5.11 Å². The molecule has 3 rings (SSSR count). The molecule has 1 atom stereocenters. The SMILES string of the molecule is O=C(O)c1cccc(C(=O)NC2CC(=O)N(C3CC3)C2)c1. The number of carbonyl (C=O) groups is 3. The topological polar surface area (TPSA) is 86.7 Å². The fourth-order valence-electron chi connectivity index (χ4n) is 2.63. The fourth-order valence-corrected chi connectivity index (χ4v) is 2.63. The van der Waals surface area contributed by atoms with Crippen molar-refractivity contribution in [2.45, 2.75) is 31.3 Å². The Balaban J connectivity index is 1.65. The van der Waals surface area contributed by atoms with Crippen molar-refractivity contribution in [1.82, 2.24) is 10.2 Å². The van der Waals surface area contributed by atoms with Crippen molar-refractivity contribution in [3.63, 3.8) is 0 Å². The Hall–Kier alpha value is -2.37. The lowest BCUT2D eigenvalue weighted by Gasteiger charge is -2.16. The molecule has 6 heteroatoms. The van der Waals surface area contributed by atoms with Crippen LogP contribution >= 0.6 is 0 Å². The first-order valence-electron chi connectivity index (χ1n) is 6.98. The summed E-state index contributed by atoms with van der Waals surface area (Å²) in [7, 11) is 0. The van der Waals surface area contributed by atoms with Crippen LogP contribution in [0.15, 0.2) is 24.3 Å². The van der Waals surface area contributed by atoms with Crippen molar-refractivity contribution in [2.24, 2.45) is 0 Å². The van der Waals surface area contributed by atoms with Crippen molar-refractivity contribution < 1.29 is 19.5 Å². The Bertz CT molecular complexity index is 609. The number of aromatic carboxylic acids is 1. The highest BCUT2D eigenvalue weighted by atomic mass is 16.4. The molecular weight excluding hydrogens is 272 g/mol. The quantitative estimate of drug-likeness (QED) is 0.861. The molecule has 0 aromatic heterocycles. The van der Waals surface area contributed by atoms with E-state index in [1.54, 1.807) is 6.07 Å². The first kappa shape index (κ1) is 13.6. The van der Waals surface area contributed by atoms with E-state index in [2.05, 4.69) is 5.32 Å². The Morgan fingerprint density at radius 1 is 1.24 bits per heavy atom. The van der Waals surface area contributed by atoms with Gasteiger partial charge in [0.1, 0.15) is 0 Å². The monoisotopic (exact) mass is 288 g/mol. The number of hydrogen-bond donors (Lipinski definition) is 2. The number of nitrogens with zero attached hydrogens (tertiary/aromatic N) is 1. The maximum absolute atomic E-state index is 12.1. The number of carboxylic acids is 1. The number of carbonyl (C=O) groups excluding carboxylic acids is 2. The molecule has 21 heavy (non-hydrogen) atoms. The molecule has 1 aliphatic carbocycles. The molecule has 0 bridgehead atoms. The van der Waals surface area contributed by atoms with E-state index in [-0.39, 0.29) is 23.4 Å². The summed E-state index contributed by atoms with van der Waals surface area (Å²) in [5.74, 6) is -1.32. The van der Waals surface area contributed by atoms with Crippen LogP contribution in [0, 0.1) is 0 Å². The molecule has 1 saturated heterocycles. The minimum absolute atomic E-state index is 0.0738. The van der Waals surface area contributed by atoms with Gasteiger partial charge >= 0.3 is 5.97 Å². The highest BCUT2D eigenvalue weighted by Crippen LogP contribution is 2.30. The standard InChI is InChI=1S/C15H16N2O4/c18-13-7-11(8-17(13)12-4-5-12)16-14(19)9-2-1-3-10(6-9)15(20)21/h1-3,6,11-12H,4-5,7-8H2,(H,16,19)(H,20,21). The van der Waals surface area contributed by atoms with Gasteiger partial charge in [0.2, 0.25) is 5.91 Å². The van der Waals surface area contributed by atoms with Gasteiger partial charge in [-0.05, 0) is 31.0 Å². The highest BCUT2D eigenvalue weighted by molar-refractivity contribution is 5.98. The number of benzene rings is 1. The Kier molecular flexibility index (Phi) is 3.37. The molecule has 2 N–H and O–H groups in total. The second-order valence-corrected chi connectivity index (χ2v) is 5.54. The summed E-state index contributed by atoms with van der Waals surface area (Å²) in [6.45, 7) is 0.549. The molecule has 1 aromatic carbocycles. The van der Waals surface area contributed by atoms with Crippen LogP contribution in [-0.2, 0) is 4.79 Å². The summed E-state index contributed by atoms with van der Waals surface area (Å²) in [6, 6.07) is 6.04. The van der Waals surface area contributed by atoms with Crippen LogP contribution in [0.25, 0.3) is 0 Å². The summed E-state index contributed by atoms with van der Waals surface area (Å²) in [5, 5.41) is 11.7. The summed E-state index contributed by atoms with van der Waals surface area (Å²) >= 11 is 0. The fraction of sp³-hybridized carbons (Fsp3) is 0.400. The molecule has 1 aromatic rings. The Morgan fingerprint density at radius 3 is 2.62 bits per heavy atom. The molecule has 1 unspecified atom stereocenters. The summed E-state index contributed by atoms with van der Waals surface area (Å²) in [4.78, 5) is 36.7. The molecular formula is C15H16N2O4. The van der Waals surface area contributed by atoms with Gasteiger partial charge in [0.05, 0.1) is 11.6 Å². The number of carboxylic acid groups (broad SMARTS) is 1. The number of amides is 2. The molecule has 2 amide bonds. The molecule has 6 nitrogen and oxygen atoms in total. The average molecular weight is 288 g/mol. The van der Waals surface area contributed by atoms with E-state index in [0.29, 0.717) is 24.6 Å². The van der Waals surface area contributed by atoms with E-state index in [0.717, 1.165) is 12.8 Å². The lowest BCUT2D eigenvalue weighted by molar-refractivity contribution is -0.128. The van der Waals surface area contributed by atoms with Gasteiger partial charge in [-0.25, -0.2) is 4.79 Å². The molecule has 2 aliphatic rings. The molecule has 0 radical (unpaired) electrons. The highest BCUT2D eigenvalue weighted by Gasteiger charge is 2.39. The third kappa shape index (κ3) is 2.89. The maximum Gasteiger partial charge on any atom is 0.335 e. The summed E-state index contributed by atoms with van der Waals surface area (Å²) in [5.41, 5.74) is 0.372. The number of rotatable bonds is 4. The second kappa shape index (κ2) is 5.20. The smallest absolute Gasteiger partial charge is 0.335 e. The van der Waals surface area contributed by atoms with E-state index < -0.39 is 5.97 Å². The van der Waals surface area contributed by atoms with E-state index >= 15 is 0 Å². The molecule has 1 heterocycles. The zero-order valence-corrected chi connectivity index (χ0v) is 11.4. The molecule has 1 aliphatic heterocycles. The number of hydrogen-bond acceptors (Lipinski definition) is 3. The number of likely N-dealkylation sites (tertiary alicyclic amines) is 1. The second-order valence-electron chi connectivity index (χ2n) is 5.54. The average Bonchev–Trinajstić information content (AvgIpc) is 3.23. The first-order valence-corrected chi connectivity index (χ1v) is 6.98. The van der Waals surface area contributed by atoms with E-state index in [1.165, 1.54) is 18.2 Å². The van der Waals surface area contributed by atoms with Gasteiger partial charge < -0.3 is 15.3 Å². The van der Waals surface area contributed by atoms with Crippen LogP contribution in [-0.4, -0.2) is 46.4 Å². The van der Waals surface area contributed by atoms with Gasteiger partial charge in [0.15, 0.2) is 0 Å². The minimum atomic E-state index is -1.07. The van der Waals surface area contributed by atoms with Gasteiger partial charge in [-0.1, -0.05) is 6.07 Å². The predicted octanol–water partition coefficient (Wildman–Crippen LogP) is 0.878. The van der Waals surface area contributed by atoms with Crippen LogP contribution in [0.3, 0.4) is 0 Å². The number of nitrogens with one attached hydrogen (secondary N) is 1. The van der Waals surface area contributed by atoms with E-state index in [1.807, 2.05) is 4.90 Å². The van der Waals surface area contributed by atoms with Crippen molar-refractivity contribution in [3.8, 4) is 0 Å². The summed E-state index contributed by atoms with van der Waals surface area (Å²) in [6.07, 6.45) is 2.42. The van der Waals surface area contributed by atoms with Crippen molar-refractivity contribution in [1.29, 1.82) is 0 Å². The Morgan fingerprint density at radius 2 is 1.95 bits per heavy atom. The van der Waals surface area contributed by atoms with Crippen molar-refractivity contribution in [3.05, 3.63) is 35.4 Å². The first-order chi connectivity index (χ1) is 10.0. The van der Waals surface area contributed by atoms with Gasteiger partial charge in [0.25, 0.3) is 5.91 Å². The van der Waals surface area contributed by atoms with Crippen LogP contribution < -0.4 is 5.32 Å². The van der Waals surface area contributed by atoms with Gasteiger partial charge in [0, 0.05) is 24.6 Å². The van der Waals surface area contributed by atoms with Crippen LogP contribution in [0.5, 0.6) is 0 Å².